The van der Waals surface area contributed by atoms with E-state index in [0.29, 0.717) is 29.1 Å². The Morgan fingerprint density at radius 3 is 2.90 bits per heavy atom. The van der Waals surface area contributed by atoms with Crippen LogP contribution in [0.1, 0.15) is 45.2 Å². The highest BCUT2D eigenvalue weighted by Gasteiger charge is 2.65. The molecule has 7 nitrogen and oxygen atoms in total. The van der Waals surface area contributed by atoms with E-state index in [4.69, 9.17) is 25.8 Å². The number of cyclic esters (lactones) is 2. The summed E-state index contributed by atoms with van der Waals surface area (Å²) in [6.07, 6.45) is 1.99. The third-order valence-corrected chi connectivity index (χ3v) is 6.78. The number of carbonyl (C=O) groups excluding carboxylic acids is 2. The Morgan fingerprint density at radius 1 is 1.32 bits per heavy atom. The van der Waals surface area contributed by atoms with Crippen molar-refractivity contribution in [1.29, 1.82) is 0 Å². The molecule has 3 atom stereocenters. The number of anilines is 2. The van der Waals surface area contributed by atoms with Crippen molar-refractivity contribution >= 4 is 45.7 Å². The van der Waals surface area contributed by atoms with E-state index in [1.54, 1.807) is 13.0 Å². The molecule has 2 aromatic rings. The van der Waals surface area contributed by atoms with Crippen LogP contribution in [0.4, 0.5) is 10.8 Å². The normalized spacial score (nSPS) is 27.5. The van der Waals surface area contributed by atoms with Gasteiger partial charge in [-0.25, -0.2) is 4.98 Å². The Kier molecular flexibility index (Phi) is 6.23. The summed E-state index contributed by atoms with van der Waals surface area (Å²) in [5, 5.41) is 6.22. The quantitative estimate of drug-likeness (QED) is 0.340. The molecular weight excluding hydrogens is 440 g/mol. The van der Waals surface area contributed by atoms with Crippen LogP contribution in [0.25, 0.3) is 0 Å². The van der Waals surface area contributed by atoms with E-state index < -0.39 is 29.1 Å². The van der Waals surface area contributed by atoms with Crippen molar-refractivity contribution in [3.05, 3.63) is 40.4 Å². The van der Waals surface area contributed by atoms with Gasteiger partial charge in [-0.3, -0.25) is 9.59 Å². The van der Waals surface area contributed by atoms with Crippen LogP contribution in [-0.4, -0.2) is 36.2 Å². The van der Waals surface area contributed by atoms with E-state index in [2.05, 4.69) is 17.2 Å². The highest BCUT2D eigenvalue weighted by Crippen LogP contribution is 2.52. The van der Waals surface area contributed by atoms with E-state index in [-0.39, 0.29) is 12.8 Å². The molecule has 0 aliphatic carbocycles. The molecule has 166 valence electrons. The second-order valence-electron chi connectivity index (χ2n) is 8.18. The molecule has 0 radical (unpaired) electrons. The number of ether oxygens (including phenoxy) is 3. The van der Waals surface area contributed by atoms with Crippen LogP contribution >= 0.6 is 22.9 Å². The number of unbranched alkanes of at least 4 members (excludes halogenated alkanes) is 1. The third kappa shape index (κ3) is 4.29. The Hall–Kier alpha value is -2.16. The fourth-order valence-electron chi connectivity index (χ4n) is 4.02. The lowest BCUT2D eigenvalue weighted by molar-refractivity contribution is -0.160. The number of benzene rings is 1. The number of carbonyl (C=O) groups is 2. The highest BCUT2D eigenvalue weighted by atomic mass is 35.5. The molecule has 1 spiro atoms. The smallest absolute Gasteiger partial charge is 0.324 e. The first kappa shape index (κ1) is 22.0. The monoisotopic (exact) mass is 464 g/mol. The molecule has 0 unspecified atom stereocenters. The lowest BCUT2D eigenvalue weighted by Crippen LogP contribution is -2.32. The van der Waals surface area contributed by atoms with Gasteiger partial charge in [-0.05, 0) is 25.5 Å². The minimum absolute atomic E-state index is 0.193. The zero-order valence-corrected chi connectivity index (χ0v) is 19.1. The van der Waals surface area contributed by atoms with E-state index >= 15 is 0 Å². The number of para-hydroxylation sites is 1. The second kappa shape index (κ2) is 8.76. The molecule has 2 fully saturated rings. The minimum Gasteiger partial charge on any atom is -0.459 e. The van der Waals surface area contributed by atoms with Crippen molar-refractivity contribution in [1.82, 2.24) is 4.98 Å². The molecule has 2 saturated heterocycles. The number of thiazole rings is 1. The molecule has 2 aliphatic rings. The molecule has 2 aliphatic heterocycles. The van der Waals surface area contributed by atoms with Gasteiger partial charge in [-0.15, -0.1) is 11.3 Å². The van der Waals surface area contributed by atoms with Crippen LogP contribution < -0.4 is 5.32 Å². The van der Waals surface area contributed by atoms with Crippen LogP contribution in [-0.2, 0) is 29.4 Å². The molecule has 4 rings (SSSR count). The lowest BCUT2D eigenvalue weighted by Gasteiger charge is -2.20. The van der Waals surface area contributed by atoms with Gasteiger partial charge in [0.15, 0.2) is 16.1 Å². The van der Waals surface area contributed by atoms with Crippen molar-refractivity contribution in [3.8, 4) is 0 Å². The van der Waals surface area contributed by atoms with Crippen LogP contribution in [0.5, 0.6) is 0 Å². The maximum Gasteiger partial charge on any atom is 0.324 e. The van der Waals surface area contributed by atoms with Crippen molar-refractivity contribution in [3.63, 3.8) is 0 Å². The third-order valence-electron chi connectivity index (χ3n) is 5.70. The maximum atomic E-state index is 12.8. The first-order chi connectivity index (χ1) is 14.9. The number of nitrogens with zero attached hydrogens (tertiary/aromatic N) is 1. The van der Waals surface area contributed by atoms with Crippen LogP contribution in [0, 0.1) is 5.41 Å². The Balaban J connectivity index is 1.46. The molecule has 9 heteroatoms. The maximum absolute atomic E-state index is 12.8. The molecule has 1 N–H and O–H groups in total. The van der Waals surface area contributed by atoms with Gasteiger partial charge in [0.1, 0.15) is 6.10 Å². The van der Waals surface area contributed by atoms with Crippen LogP contribution in [0.2, 0.25) is 5.02 Å². The average molecular weight is 465 g/mol. The number of rotatable bonds is 8. The zero-order chi connectivity index (χ0) is 22.1. The Morgan fingerprint density at radius 2 is 2.13 bits per heavy atom. The van der Waals surface area contributed by atoms with Gasteiger partial charge in [0.25, 0.3) is 0 Å². The Labute approximate surface area is 190 Å². The summed E-state index contributed by atoms with van der Waals surface area (Å²) in [5.74, 6) is -1.08. The summed E-state index contributed by atoms with van der Waals surface area (Å²) >= 11 is 7.58. The van der Waals surface area contributed by atoms with Gasteiger partial charge < -0.3 is 19.5 Å². The standard InChI is InChI=1S/C22H25ClN2O5S/c1-3-4-9-28-11-14-10-22(18(26)29-14)13-21(2,30-19(22)27)17-12-31-20(25-17)24-16-8-6-5-7-15(16)23/h5-8,12,14H,3-4,9-11,13H2,1-2H3,(H,24,25)/t14-,21-,22+/m0/s1. The van der Waals surface area contributed by atoms with Crippen molar-refractivity contribution in [2.45, 2.75) is 51.2 Å². The largest absolute Gasteiger partial charge is 0.459 e. The van der Waals surface area contributed by atoms with E-state index in [9.17, 15) is 9.59 Å². The van der Waals surface area contributed by atoms with Gasteiger partial charge in [-0.1, -0.05) is 37.1 Å². The van der Waals surface area contributed by atoms with E-state index in [1.165, 1.54) is 11.3 Å². The summed E-state index contributed by atoms with van der Waals surface area (Å²) in [7, 11) is 0. The fraction of sp³-hybridized carbons (Fsp3) is 0.500. The number of hydrogen-bond donors (Lipinski definition) is 1. The minimum atomic E-state index is -1.30. The van der Waals surface area contributed by atoms with Gasteiger partial charge >= 0.3 is 11.9 Å². The SMILES string of the molecule is CCCCOC[C@@H]1C[C@@]2(C[C@@](C)(c3csc(Nc4ccccc4Cl)n3)OC2=O)C(=O)O1. The molecule has 3 heterocycles. The number of halogens is 1. The first-order valence-corrected chi connectivity index (χ1v) is 11.6. The average Bonchev–Trinajstić information content (AvgIpc) is 3.39. The number of aromatic nitrogens is 1. The van der Waals surface area contributed by atoms with E-state index in [0.717, 1.165) is 18.5 Å². The topological polar surface area (TPSA) is 86.8 Å². The summed E-state index contributed by atoms with van der Waals surface area (Å²) < 4.78 is 16.8. The van der Waals surface area contributed by atoms with Crippen molar-refractivity contribution < 1.29 is 23.8 Å². The predicted octanol–water partition coefficient (Wildman–Crippen LogP) is 4.82. The highest BCUT2D eigenvalue weighted by molar-refractivity contribution is 7.13. The fourth-order valence-corrected chi connectivity index (χ4v) is 5.05. The van der Waals surface area contributed by atoms with Gasteiger partial charge in [0.2, 0.25) is 0 Å². The van der Waals surface area contributed by atoms with Gasteiger partial charge in [-0.2, -0.15) is 0 Å². The van der Waals surface area contributed by atoms with Crippen LogP contribution in [0.3, 0.4) is 0 Å². The van der Waals surface area contributed by atoms with Crippen LogP contribution in [0.15, 0.2) is 29.6 Å². The summed E-state index contributed by atoms with van der Waals surface area (Å²) in [6, 6.07) is 7.37. The molecule has 1 aromatic carbocycles. The summed E-state index contributed by atoms with van der Waals surface area (Å²) in [4.78, 5) is 30.1. The first-order valence-electron chi connectivity index (χ1n) is 10.4. The lowest BCUT2D eigenvalue weighted by atomic mass is 9.78. The van der Waals surface area contributed by atoms with Crippen molar-refractivity contribution in [2.75, 3.05) is 18.5 Å². The molecule has 31 heavy (non-hydrogen) atoms. The Bertz CT molecular complexity index is 982. The van der Waals surface area contributed by atoms with Gasteiger partial charge in [0.05, 0.1) is 23.0 Å². The number of nitrogens with one attached hydrogen (secondary N) is 1. The summed E-state index contributed by atoms with van der Waals surface area (Å²) in [5.41, 5.74) is -0.980. The van der Waals surface area contributed by atoms with E-state index in [1.807, 2.05) is 23.6 Å². The van der Waals surface area contributed by atoms with Gasteiger partial charge in [0, 0.05) is 24.8 Å². The second-order valence-corrected chi connectivity index (χ2v) is 9.45. The molecular formula is C22H25ClN2O5S. The zero-order valence-electron chi connectivity index (χ0n) is 17.5. The van der Waals surface area contributed by atoms with Crippen molar-refractivity contribution in [2.24, 2.45) is 5.41 Å². The molecule has 0 bridgehead atoms. The number of esters is 2. The molecule has 0 saturated carbocycles. The molecule has 1 aromatic heterocycles. The predicted molar refractivity (Wildman–Crippen MR) is 118 cm³/mol. The summed E-state index contributed by atoms with van der Waals surface area (Å²) in [6.45, 7) is 4.77. The molecule has 0 amide bonds. The number of hydrogen-bond acceptors (Lipinski definition) is 8.